The third-order valence-electron chi connectivity index (χ3n) is 2.83. The molecule has 1 N–H and O–H groups in total. The molecule has 14 heavy (non-hydrogen) atoms. The second kappa shape index (κ2) is 8.25. The molecule has 0 amide bonds. The van der Waals surface area contributed by atoms with Crippen LogP contribution < -0.4 is 5.32 Å². The van der Waals surface area contributed by atoms with Gasteiger partial charge in [0.05, 0.1) is 0 Å². The Morgan fingerprint density at radius 1 is 1.21 bits per heavy atom. The van der Waals surface area contributed by atoms with E-state index in [0.717, 1.165) is 6.54 Å². The van der Waals surface area contributed by atoms with E-state index in [1.54, 1.807) is 0 Å². The van der Waals surface area contributed by atoms with Crippen molar-refractivity contribution in [2.45, 2.75) is 46.1 Å². The maximum absolute atomic E-state index is 3.38. The van der Waals surface area contributed by atoms with E-state index in [1.807, 2.05) is 0 Å². The normalized spacial score (nSPS) is 13.9. The fourth-order valence-electron chi connectivity index (χ4n) is 1.69. The van der Waals surface area contributed by atoms with Gasteiger partial charge in [-0.1, -0.05) is 33.6 Å². The fourth-order valence-corrected chi connectivity index (χ4v) is 1.69. The summed E-state index contributed by atoms with van der Waals surface area (Å²) in [6.45, 7) is 9.21. The lowest BCUT2D eigenvalue weighted by atomic mass is 10.0. The highest BCUT2D eigenvalue weighted by Crippen LogP contribution is 2.04. The van der Waals surface area contributed by atoms with E-state index in [9.17, 15) is 0 Å². The molecule has 0 saturated heterocycles. The lowest BCUT2D eigenvalue weighted by molar-refractivity contribution is 0.258. The first kappa shape index (κ1) is 13.9. The van der Waals surface area contributed by atoms with Crippen LogP contribution in [0.15, 0.2) is 0 Å². The van der Waals surface area contributed by atoms with Crippen molar-refractivity contribution in [1.29, 1.82) is 0 Å². The Bertz CT molecular complexity index is 123. The molecule has 86 valence electrons. The molecule has 0 aliphatic rings. The predicted octanol–water partition coefficient (Wildman–Crippen LogP) is 2.35. The summed E-state index contributed by atoms with van der Waals surface area (Å²) in [6.07, 6.45) is 4.01. The van der Waals surface area contributed by atoms with E-state index in [2.05, 4.69) is 45.1 Å². The highest BCUT2D eigenvalue weighted by Gasteiger charge is 2.12. The molecule has 0 aliphatic heterocycles. The van der Waals surface area contributed by atoms with Crippen LogP contribution >= 0.6 is 0 Å². The number of nitrogens with one attached hydrogen (secondary N) is 1. The summed E-state index contributed by atoms with van der Waals surface area (Å²) in [5, 5.41) is 3.38. The first-order valence-corrected chi connectivity index (χ1v) is 5.97. The number of nitrogens with zero attached hydrogens (tertiary/aromatic N) is 1. The smallest absolute Gasteiger partial charge is 0.0214 e. The van der Waals surface area contributed by atoms with Crippen molar-refractivity contribution in [3.05, 3.63) is 0 Å². The zero-order chi connectivity index (χ0) is 11.0. The number of hydrogen-bond donors (Lipinski definition) is 1. The first-order valence-electron chi connectivity index (χ1n) is 5.97. The molecule has 2 nitrogen and oxygen atoms in total. The Hall–Kier alpha value is -0.0800. The van der Waals surface area contributed by atoms with Crippen LogP contribution in [0.3, 0.4) is 0 Å². The summed E-state index contributed by atoms with van der Waals surface area (Å²) in [4.78, 5) is 2.44. The van der Waals surface area contributed by atoms with Crippen molar-refractivity contribution in [3.8, 4) is 0 Å². The molecule has 2 heteroatoms. The van der Waals surface area contributed by atoms with E-state index in [1.165, 1.54) is 25.8 Å². The zero-order valence-corrected chi connectivity index (χ0v) is 10.6. The molecule has 0 heterocycles. The van der Waals surface area contributed by atoms with Gasteiger partial charge in [-0.15, -0.1) is 0 Å². The van der Waals surface area contributed by atoms with Gasteiger partial charge in [0.1, 0.15) is 0 Å². The van der Waals surface area contributed by atoms with Crippen molar-refractivity contribution in [1.82, 2.24) is 10.2 Å². The average Bonchev–Trinajstić information content (AvgIpc) is 2.14. The predicted molar refractivity (Wildman–Crippen MR) is 64.7 cm³/mol. The highest BCUT2D eigenvalue weighted by molar-refractivity contribution is 4.71. The molecule has 0 aromatic rings. The fraction of sp³-hybridized carbons (Fsp3) is 1.00. The quantitative estimate of drug-likeness (QED) is 0.605. The van der Waals surface area contributed by atoms with Crippen LogP contribution in [0, 0.1) is 5.92 Å². The molecule has 1 atom stereocenters. The minimum Gasteiger partial charge on any atom is -0.315 e. The number of hydrogen-bond acceptors (Lipinski definition) is 2. The van der Waals surface area contributed by atoms with Gasteiger partial charge in [-0.25, -0.2) is 0 Å². The Morgan fingerprint density at radius 2 is 1.86 bits per heavy atom. The number of rotatable bonds is 8. The van der Waals surface area contributed by atoms with Gasteiger partial charge in [0.15, 0.2) is 0 Å². The highest BCUT2D eigenvalue weighted by atomic mass is 15.1. The van der Waals surface area contributed by atoms with Gasteiger partial charge in [0.2, 0.25) is 0 Å². The van der Waals surface area contributed by atoms with Crippen LogP contribution in [0.25, 0.3) is 0 Å². The van der Waals surface area contributed by atoms with Crippen LogP contribution in [-0.4, -0.2) is 38.1 Å². The van der Waals surface area contributed by atoms with E-state index in [4.69, 9.17) is 0 Å². The Kier molecular flexibility index (Phi) is 8.20. The summed E-state index contributed by atoms with van der Waals surface area (Å²) in [5.41, 5.74) is 0. The van der Waals surface area contributed by atoms with Crippen molar-refractivity contribution >= 4 is 0 Å². The van der Waals surface area contributed by atoms with Gasteiger partial charge in [0, 0.05) is 12.6 Å². The standard InChI is InChI=1S/C12H28N2/c1-6-7-8-9-14(5)10-12(13-4)11(2)3/h11-13H,6-10H2,1-5H3. The summed E-state index contributed by atoms with van der Waals surface area (Å²) >= 11 is 0. The summed E-state index contributed by atoms with van der Waals surface area (Å²) in [6, 6.07) is 0.627. The number of likely N-dealkylation sites (N-methyl/N-ethyl adjacent to an activating group) is 2. The van der Waals surface area contributed by atoms with E-state index in [0.29, 0.717) is 12.0 Å². The lowest BCUT2D eigenvalue weighted by Crippen LogP contribution is -2.41. The Labute approximate surface area is 90.1 Å². The molecule has 0 spiro atoms. The minimum absolute atomic E-state index is 0.627. The molecule has 0 rings (SSSR count). The van der Waals surface area contributed by atoms with Crippen LogP contribution in [0.5, 0.6) is 0 Å². The molecule has 0 saturated carbocycles. The molecule has 0 aromatic heterocycles. The summed E-state index contributed by atoms with van der Waals surface area (Å²) in [5.74, 6) is 0.716. The average molecular weight is 200 g/mol. The number of unbranched alkanes of at least 4 members (excludes halogenated alkanes) is 2. The third kappa shape index (κ3) is 6.39. The maximum Gasteiger partial charge on any atom is 0.0214 e. The van der Waals surface area contributed by atoms with Crippen LogP contribution in [0.4, 0.5) is 0 Å². The molecular formula is C12H28N2. The van der Waals surface area contributed by atoms with Crippen molar-refractivity contribution < 1.29 is 0 Å². The van der Waals surface area contributed by atoms with E-state index in [-0.39, 0.29) is 0 Å². The topological polar surface area (TPSA) is 15.3 Å². The maximum atomic E-state index is 3.38. The minimum atomic E-state index is 0.627. The van der Waals surface area contributed by atoms with Crippen molar-refractivity contribution in [2.24, 2.45) is 5.92 Å². The second-order valence-electron chi connectivity index (χ2n) is 4.61. The zero-order valence-electron chi connectivity index (χ0n) is 10.6. The molecule has 0 bridgehead atoms. The molecule has 0 aliphatic carbocycles. The van der Waals surface area contributed by atoms with Crippen molar-refractivity contribution in [3.63, 3.8) is 0 Å². The molecule has 1 unspecified atom stereocenters. The molecule has 0 aromatic carbocycles. The summed E-state index contributed by atoms with van der Waals surface area (Å²) in [7, 11) is 4.28. The van der Waals surface area contributed by atoms with Gasteiger partial charge in [-0.2, -0.15) is 0 Å². The van der Waals surface area contributed by atoms with Crippen LogP contribution in [0.1, 0.15) is 40.0 Å². The van der Waals surface area contributed by atoms with Crippen LogP contribution in [-0.2, 0) is 0 Å². The van der Waals surface area contributed by atoms with Gasteiger partial charge in [-0.3, -0.25) is 0 Å². The summed E-state index contributed by atoms with van der Waals surface area (Å²) < 4.78 is 0. The first-order chi connectivity index (χ1) is 6.61. The SMILES string of the molecule is CCCCCN(C)CC(NC)C(C)C. The molecule has 0 radical (unpaired) electrons. The Balaban J connectivity index is 3.62. The largest absolute Gasteiger partial charge is 0.315 e. The lowest BCUT2D eigenvalue weighted by Gasteiger charge is -2.26. The molecular weight excluding hydrogens is 172 g/mol. The van der Waals surface area contributed by atoms with Gasteiger partial charge in [-0.05, 0) is 33.0 Å². The van der Waals surface area contributed by atoms with Crippen LogP contribution in [0.2, 0.25) is 0 Å². The second-order valence-corrected chi connectivity index (χ2v) is 4.61. The monoisotopic (exact) mass is 200 g/mol. The third-order valence-corrected chi connectivity index (χ3v) is 2.83. The van der Waals surface area contributed by atoms with Crippen molar-refractivity contribution in [2.75, 3.05) is 27.2 Å². The van der Waals surface area contributed by atoms with E-state index < -0.39 is 0 Å². The van der Waals surface area contributed by atoms with E-state index >= 15 is 0 Å². The Morgan fingerprint density at radius 3 is 2.29 bits per heavy atom. The van der Waals surface area contributed by atoms with Gasteiger partial charge in [0.25, 0.3) is 0 Å². The molecule has 0 fully saturated rings. The van der Waals surface area contributed by atoms with Gasteiger partial charge >= 0.3 is 0 Å². The van der Waals surface area contributed by atoms with Gasteiger partial charge < -0.3 is 10.2 Å².